The van der Waals surface area contributed by atoms with Crippen molar-refractivity contribution in [2.75, 3.05) is 6.61 Å². The van der Waals surface area contributed by atoms with Crippen molar-refractivity contribution >= 4 is 6.09 Å². The molecule has 0 spiro atoms. The van der Waals surface area contributed by atoms with Crippen molar-refractivity contribution in [3.8, 4) is 0 Å². The molecule has 1 amide bonds. The van der Waals surface area contributed by atoms with Gasteiger partial charge < -0.3 is 4.74 Å². The summed E-state index contributed by atoms with van der Waals surface area (Å²) in [5, 5.41) is 0. The van der Waals surface area contributed by atoms with Gasteiger partial charge in [0.15, 0.2) is 0 Å². The van der Waals surface area contributed by atoms with Crippen molar-refractivity contribution in [1.29, 1.82) is 0 Å². The van der Waals surface area contributed by atoms with Gasteiger partial charge in [0, 0.05) is 0 Å². The van der Waals surface area contributed by atoms with Crippen LogP contribution in [0, 0.1) is 0 Å². The number of rotatable bonds is 1. The SMILES string of the molecule is CCOC(=O)N1[C@@H]2C=C[C@H]1CC2. The number of ether oxygens (including phenoxy) is 1. The highest BCUT2D eigenvalue weighted by atomic mass is 16.6. The summed E-state index contributed by atoms with van der Waals surface area (Å²) in [6.07, 6.45) is 6.24. The van der Waals surface area contributed by atoms with E-state index in [0.29, 0.717) is 18.7 Å². The molecule has 0 saturated carbocycles. The second-order valence-corrected chi connectivity index (χ2v) is 3.20. The van der Waals surface area contributed by atoms with E-state index in [1.54, 1.807) is 0 Å². The predicted octanol–water partition coefficient (Wildman–Crippen LogP) is 1.55. The molecule has 1 fully saturated rings. The van der Waals surface area contributed by atoms with Gasteiger partial charge in [-0.15, -0.1) is 0 Å². The lowest BCUT2D eigenvalue weighted by Gasteiger charge is -2.20. The highest BCUT2D eigenvalue weighted by Gasteiger charge is 2.38. The van der Waals surface area contributed by atoms with E-state index in [0.717, 1.165) is 12.8 Å². The second-order valence-electron chi connectivity index (χ2n) is 3.20. The lowest BCUT2D eigenvalue weighted by atomic mass is 10.1. The van der Waals surface area contributed by atoms with Crippen LogP contribution >= 0.6 is 0 Å². The van der Waals surface area contributed by atoms with Gasteiger partial charge in [-0.1, -0.05) is 12.2 Å². The summed E-state index contributed by atoms with van der Waals surface area (Å²) in [5.41, 5.74) is 0. The normalized spacial score (nSPS) is 31.2. The van der Waals surface area contributed by atoms with E-state index >= 15 is 0 Å². The molecule has 0 N–H and O–H groups in total. The highest BCUT2D eigenvalue weighted by Crippen LogP contribution is 2.32. The van der Waals surface area contributed by atoms with Gasteiger partial charge >= 0.3 is 6.09 Å². The number of carbonyl (C=O) groups excluding carboxylic acids is 1. The Morgan fingerprint density at radius 2 is 2.08 bits per heavy atom. The Kier molecular flexibility index (Phi) is 1.79. The number of fused-ring (bicyclic) bond motifs is 2. The maximum atomic E-state index is 11.4. The average Bonchev–Trinajstić information content (AvgIpc) is 2.62. The molecular weight excluding hydrogens is 154 g/mol. The Balaban J connectivity index is 2.02. The van der Waals surface area contributed by atoms with Gasteiger partial charge in [-0.05, 0) is 19.8 Å². The molecule has 0 radical (unpaired) electrons. The van der Waals surface area contributed by atoms with Crippen molar-refractivity contribution in [3.05, 3.63) is 12.2 Å². The van der Waals surface area contributed by atoms with Crippen molar-refractivity contribution in [1.82, 2.24) is 4.90 Å². The Morgan fingerprint density at radius 1 is 1.50 bits per heavy atom. The summed E-state index contributed by atoms with van der Waals surface area (Å²) in [6.45, 7) is 2.30. The number of hydrogen-bond donors (Lipinski definition) is 0. The van der Waals surface area contributed by atoms with Crippen LogP contribution in [0.1, 0.15) is 19.8 Å². The molecule has 3 nitrogen and oxygen atoms in total. The zero-order valence-corrected chi connectivity index (χ0v) is 7.19. The van der Waals surface area contributed by atoms with Gasteiger partial charge in [0.1, 0.15) is 0 Å². The lowest BCUT2D eigenvalue weighted by molar-refractivity contribution is 0.104. The largest absolute Gasteiger partial charge is 0.450 e. The first kappa shape index (κ1) is 7.65. The molecule has 0 aliphatic carbocycles. The van der Waals surface area contributed by atoms with Crippen LogP contribution in [-0.4, -0.2) is 29.7 Å². The van der Waals surface area contributed by atoms with E-state index in [9.17, 15) is 4.79 Å². The molecule has 2 heterocycles. The third-order valence-electron chi connectivity index (χ3n) is 2.51. The second kappa shape index (κ2) is 2.81. The quantitative estimate of drug-likeness (QED) is 0.554. The van der Waals surface area contributed by atoms with Gasteiger partial charge in [-0.3, -0.25) is 4.90 Å². The number of carbonyl (C=O) groups is 1. The zero-order chi connectivity index (χ0) is 8.55. The van der Waals surface area contributed by atoms with Gasteiger partial charge in [-0.2, -0.15) is 0 Å². The molecule has 66 valence electrons. The van der Waals surface area contributed by atoms with Gasteiger partial charge in [0.05, 0.1) is 18.7 Å². The number of amides is 1. The molecule has 2 aliphatic heterocycles. The van der Waals surface area contributed by atoms with Crippen LogP contribution in [0.4, 0.5) is 4.79 Å². The maximum Gasteiger partial charge on any atom is 0.410 e. The standard InChI is InChI=1S/C9H13NO2/c1-2-12-9(11)10-7-3-4-8(10)6-5-7/h3-4,7-8H,2,5-6H2,1H3/t7-,8+. The molecule has 0 aromatic carbocycles. The molecular formula is C9H13NO2. The van der Waals surface area contributed by atoms with Crippen LogP contribution in [0.25, 0.3) is 0 Å². The first-order valence-corrected chi connectivity index (χ1v) is 4.46. The average molecular weight is 167 g/mol. The first-order chi connectivity index (χ1) is 5.83. The molecule has 0 aromatic rings. The minimum atomic E-state index is -0.157. The van der Waals surface area contributed by atoms with Gasteiger partial charge in [-0.25, -0.2) is 4.79 Å². The van der Waals surface area contributed by atoms with Crippen molar-refractivity contribution in [2.24, 2.45) is 0 Å². The van der Waals surface area contributed by atoms with Crippen LogP contribution in [-0.2, 0) is 4.74 Å². The summed E-state index contributed by atoms with van der Waals surface area (Å²) in [4.78, 5) is 13.2. The Bertz CT molecular complexity index is 211. The van der Waals surface area contributed by atoms with E-state index in [1.165, 1.54) is 0 Å². The molecule has 12 heavy (non-hydrogen) atoms. The van der Waals surface area contributed by atoms with E-state index in [2.05, 4.69) is 12.2 Å². The van der Waals surface area contributed by atoms with Gasteiger partial charge in [0.25, 0.3) is 0 Å². The Hall–Kier alpha value is -0.990. The molecule has 3 heteroatoms. The van der Waals surface area contributed by atoms with Crippen LogP contribution < -0.4 is 0 Å². The fourth-order valence-electron chi connectivity index (χ4n) is 1.97. The topological polar surface area (TPSA) is 29.5 Å². The van der Waals surface area contributed by atoms with Crippen molar-refractivity contribution in [3.63, 3.8) is 0 Å². The summed E-state index contributed by atoms with van der Waals surface area (Å²) in [6, 6.07) is 0.628. The van der Waals surface area contributed by atoms with E-state index in [1.807, 2.05) is 11.8 Å². The summed E-state index contributed by atoms with van der Waals surface area (Å²) in [7, 11) is 0. The van der Waals surface area contributed by atoms with Crippen LogP contribution in [0.5, 0.6) is 0 Å². The summed E-state index contributed by atoms with van der Waals surface area (Å²) < 4.78 is 4.95. The molecule has 2 bridgehead atoms. The molecule has 2 rings (SSSR count). The maximum absolute atomic E-state index is 11.4. The predicted molar refractivity (Wildman–Crippen MR) is 44.8 cm³/mol. The zero-order valence-electron chi connectivity index (χ0n) is 7.19. The number of hydrogen-bond acceptors (Lipinski definition) is 2. The van der Waals surface area contributed by atoms with E-state index < -0.39 is 0 Å². The lowest BCUT2D eigenvalue weighted by Crippen LogP contribution is -2.36. The minimum absolute atomic E-state index is 0.157. The first-order valence-electron chi connectivity index (χ1n) is 4.46. The van der Waals surface area contributed by atoms with E-state index in [-0.39, 0.29) is 6.09 Å². The fraction of sp³-hybridized carbons (Fsp3) is 0.667. The third kappa shape index (κ3) is 1.00. The van der Waals surface area contributed by atoms with E-state index in [4.69, 9.17) is 4.74 Å². The highest BCUT2D eigenvalue weighted by molar-refractivity contribution is 5.70. The number of nitrogens with zero attached hydrogens (tertiary/aromatic N) is 1. The molecule has 0 unspecified atom stereocenters. The molecule has 2 aliphatic rings. The van der Waals surface area contributed by atoms with Crippen LogP contribution in [0.15, 0.2) is 12.2 Å². The van der Waals surface area contributed by atoms with Gasteiger partial charge in [0.2, 0.25) is 0 Å². The third-order valence-corrected chi connectivity index (χ3v) is 2.51. The van der Waals surface area contributed by atoms with Crippen molar-refractivity contribution < 1.29 is 9.53 Å². The fourth-order valence-corrected chi connectivity index (χ4v) is 1.97. The van der Waals surface area contributed by atoms with Crippen LogP contribution in [0.2, 0.25) is 0 Å². The van der Waals surface area contributed by atoms with Crippen LogP contribution in [0.3, 0.4) is 0 Å². The smallest absolute Gasteiger partial charge is 0.410 e. The minimum Gasteiger partial charge on any atom is -0.450 e. The molecule has 0 aromatic heterocycles. The summed E-state index contributed by atoms with van der Waals surface area (Å²) in [5.74, 6) is 0. The van der Waals surface area contributed by atoms with Crippen molar-refractivity contribution in [2.45, 2.75) is 31.8 Å². The Morgan fingerprint density at radius 3 is 2.50 bits per heavy atom. The molecule has 1 saturated heterocycles. The Labute approximate surface area is 72.0 Å². The monoisotopic (exact) mass is 167 g/mol. The summed E-state index contributed by atoms with van der Waals surface area (Å²) >= 11 is 0. The molecule has 2 atom stereocenters.